The summed E-state index contributed by atoms with van der Waals surface area (Å²) in [6.07, 6.45) is 3.78. The molecule has 2 N–H and O–H groups in total. The van der Waals surface area contributed by atoms with E-state index in [-0.39, 0.29) is 17.4 Å². The molecule has 30 heavy (non-hydrogen) atoms. The summed E-state index contributed by atoms with van der Waals surface area (Å²) in [5.41, 5.74) is 4.04. The van der Waals surface area contributed by atoms with E-state index in [0.29, 0.717) is 13.1 Å². The number of fused-ring (bicyclic) bond motifs is 3. The molecule has 0 aliphatic carbocycles. The number of nitrogens with one attached hydrogen (secondary N) is 2. The molecular formula is C20H19N9O. The number of carbonyl (C=O) groups is 1. The van der Waals surface area contributed by atoms with Crippen LogP contribution in [0.3, 0.4) is 0 Å². The molecule has 0 radical (unpaired) electrons. The first-order valence-corrected chi connectivity index (χ1v) is 9.93. The van der Waals surface area contributed by atoms with Crippen molar-refractivity contribution in [1.82, 2.24) is 40.3 Å². The molecule has 5 heterocycles. The lowest BCUT2D eigenvalue weighted by Crippen LogP contribution is -2.36. The van der Waals surface area contributed by atoms with Crippen molar-refractivity contribution in [2.45, 2.75) is 24.8 Å². The lowest BCUT2D eigenvalue weighted by molar-refractivity contribution is 0.219. The van der Waals surface area contributed by atoms with E-state index in [9.17, 15) is 4.79 Å². The zero-order valence-corrected chi connectivity index (χ0v) is 16.1. The summed E-state index contributed by atoms with van der Waals surface area (Å²) >= 11 is 0. The predicted molar refractivity (Wildman–Crippen MR) is 109 cm³/mol. The van der Waals surface area contributed by atoms with Gasteiger partial charge in [0.15, 0.2) is 0 Å². The van der Waals surface area contributed by atoms with Gasteiger partial charge in [0.05, 0.1) is 11.2 Å². The van der Waals surface area contributed by atoms with E-state index in [1.807, 2.05) is 29.3 Å². The second-order valence-corrected chi connectivity index (χ2v) is 7.92. The maximum atomic E-state index is 12.6. The highest BCUT2D eigenvalue weighted by molar-refractivity contribution is 5.87. The van der Waals surface area contributed by atoms with Crippen LogP contribution in [0.2, 0.25) is 0 Å². The fraction of sp³-hybridized carbons (Fsp3) is 0.300. The van der Waals surface area contributed by atoms with Gasteiger partial charge in [0.1, 0.15) is 0 Å². The van der Waals surface area contributed by atoms with Crippen molar-refractivity contribution in [2.24, 2.45) is 0 Å². The first kappa shape index (κ1) is 17.1. The van der Waals surface area contributed by atoms with Crippen LogP contribution in [0.1, 0.15) is 18.5 Å². The quantitative estimate of drug-likeness (QED) is 0.532. The molecule has 4 aromatic rings. The molecular weight excluding hydrogens is 382 g/mol. The number of tetrazole rings is 1. The monoisotopic (exact) mass is 401 g/mol. The van der Waals surface area contributed by atoms with Crippen molar-refractivity contribution < 1.29 is 4.79 Å². The molecule has 1 unspecified atom stereocenters. The number of anilines is 1. The molecule has 1 saturated heterocycles. The van der Waals surface area contributed by atoms with Crippen molar-refractivity contribution in [1.29, 1.82) is 0 Å². The third kappa shape index (κ3) is 2.64. The number of benzene rings is 1. The Kier molecular flexibility index (Phi) is 3.61. The Bertz CT molecular complexity index is 1250. The van der Waals surface area contributed by atoms with E-state index in [0.717, 1.165) is 41.5 Å². The number of likely N-dealkylation sites (tertiary alicyclic amines) is 1. The standard InChI is InChI=1S/C20H19N9O/c30-19(22-18-23-26-27-24-18)28-7-5-20(12-28)6-8-29-17(20)10-16(25-29)14-9-13-3-1-2-4-15(13)21-11-14/h1-4,9-11H,5-8,12H2,(H2,22,23,24,26,27,30). The minimum atomic E-state index is -0.204. The number of pyridine rings is 1. The Morgan fingerprint density at radius 2 is 2.07 bits per heavy atom. The third-order valence-electron chi connectivity index (χ3n) is 6.22. The maximum Gasteiger partial charge on any atom is 0.324 e. The zero-order valence-electron chi connectivity index (χ0n) is 16.1. The lowest BCUT2D eigenvalue weighted by Gasteiger charge is -2.23. The van der Waals surface area contributed by atoms with Gasteiger partial charge >= 0.3 is 6.03 Å². The average Bonchev–Trinajstić information content (AvgIpc) is 3.55. The summed E-state index contributed by atoms with van der Waals surface area (Å²) in [6.45, 7) is 2.19. The number of aromatic nitrogens is 7. The molecule has 1 atom stereocenters. The van der Waals surface area contributed by atoms with Crippen LogP contribution in [0.5, 0.6) is 0 Å². The molecule has 2 aliphatic rings. The molecule has 150 valence electrons. The highest BCUT2D eigenvalue weighted by Crippen LogP contribution is 2.43. The van der Waals surface area contributed by atoms with Crippen LogP contribution in [-0.2, 0) is 12.0 Å². The van der Waals surface area contributed by atoms with Gasteiger partial charge in [-0.2, -0.15) is 10.3 Å². The van der Waals surface area contributed by atoms with Gasteiger partial charge in [-0.3, -0.25) is 15.0 Å². The summed E-state index contributed by atoms with van der Waals surface area (Å²) in [5, 5.41) is 22.0. The van der Waals surface area contributed by atoms with E-state index in [2.05, 4.69) is 53.8 Å². The van der Waals surface area contributed by atoms with Crippen LogP contribution >= 0.6 is 0 Å². The summed E-state index contributed by atoms with van der Waals surface area (Å²) in [6, 6.07) is 12.2. The minimum Gasteiger partial charge on any atom is -0.323 e. The molecule has 1 fully saturated rings. The van der Waals surface area contributed by atoms with Crippen molar-refractivity contribution in [3.63, 3.8) is 0 Å². The van der Waals surface area contributed by atoms with Crippen LogP contribution in [0.4, 0.5) is 10.7 Å². The fourth-order valence-corrected chi connectivity index (χ4v) is 4.66. The van der Waals surface area contributed by atoms with Crippen molar-refractivity contribution >= 4 is 22.9 Å². The zero-order chi connectivity index (χ0) is 20.1. The number of para-hydroxylation sites is 1. The number of carbonyl (C=O) groups excluding carboxylic acids is 1. The molecule has 2 amide bonds. The minimum absolute atomic E-state index is 0.0654. The molecule has 3 aromatic heterocycles. The molecule has 0 saturated carbocycles. The van der Waals surface area contributed by atoms with Gasteiger partial charge in [-0.1, -0.05) is 23.3 Å². The first-order valence-electron chi connectivity index (χ1n) is 9.93. The van der Waals surface area contributed by atoms with E-state index in [4.69, 9.17) is 5.10 Å². The van der Waals surface area contributed by atoms with Crippen LogP contribution in [-0.4, -0.2) is 59.4 Å². The fourth-order valence-electron chi connectivity index (χ4n) is 4.66. The van der Waals surface area contributed by atoms with Gasteiger partial charge < -0.3 is 4.90 Å². The normalized spacial score (nSPS) is 20.2. The maximum absolute atomic E-state index is 12.6. The number of rotatable bonds is 2. The van der Waals surface area contributed by atoms with Crippen LogP contribution < -0.4 is 5.32 Å². The topological polar surface area (TPSA) is 118 Å². The van der Waals surface area contributed by atoms with Crippen molar-refractivity contribution in [3.05, 3.63) is 48.3 Å². The van der Waals surface area contributed by atoms with Gasteiger partial charge in [-0.25, -0.2) is 4.79 Å². The third-order valence-corrected chi connectivity index (χ3v) is 6.22. The molecule has 2 aliphatic heterocycles. The highest BCUT2D eigenvalue weighted by atomic mass is 16.2. The van der Waals surface area contributed by atoms with Crippen LogP contribution in [0.15, 0.2) is 42.6 Å². The SMILES string of the molecule is O=C(Nc1nn[nH]n1)N1CCC2(CCn3nc(-c4cnc5ccccc5c4)cc32)C1. The van der Waals surface area contributed by atoms with E-state index < -0.39 is 0 Å². The Morgan fingerprint density at radius 1 is 1.17 bits per heavy atom. The van der Waals surface area contributed by atoms with Gasteiger partial charge in [0, 0.05) is 47.9 Å². The van der Waals surface area contributed by atoms with Crippen molar-refractivity contribution in [2.75, 3.05) is 18.4 Å². The number of H-pyrrole nitrogens is 1. The number of hydrogen-bond acceptors (Lipinski definition) is 6. The lowest BCUT2D eigenvalue weighted by atomic mass is 9.82. The summed E-state index contributed by atoms with van der Waals surface area (Å²) < 4.78 is 2.09. The number of aryl methyl sites for hydroxylation is 1. The Morgan fingerprint density at radius 3 is 2.97 bits per heavy atom. The molecule has 10 heteroatoms. The molecule has 0 bridgehead atoms. The van der Waals surface area contributed by atoms with Gasteiger partial charge in [0.2, 0.25) is 0 Å². The summed E-state index contributed by atoms with van der Waals surface area (Å²) in [4.78, 5) is 19.0. The van der Waals surface area contributed by atoms with E-state index in [1.54, 1.807) is 0 Å². The summed E-state index contributed by atoms with van der Waals surface area (Å²) in [7, 11) is 0. The number of aromatic amines is 1. The van der Waals surface area contributed by atoms with E-state index in [1.165, 1.54) is 5.69 Å². The number of hydrogen-bond donors (Lipinski definition) is 2. The van der Waals surface area contributed by atoms with Gasteiger partial charge in [-0.05, 0) is 36.3 Å². The van der Waals surface area contributed by atoms with E-state index >= 15 is 0 Å². The highest BCUT2D eigenvalue weighted by Gasteiger charge is 2.47. The van der Waals surface area contributed by atoms with Gasteiger partial charge in [-0.15, -0.1) is 5.10 Å². The van der Waals surface area contributed by atoms with Crippen LogP contribution in [0.25, 0.3) is 22.2 Å². The number of urea groups is 1. The largest absolute Gasteiger partial charge is 0.324 e. The van der Waals surface area contributed by atoms with Gasteiger partial charge in [0.25, 0.3) is 5.95 Å². The average molecular weight is 401 g/mol. The summed E-state index contributed by atoms with van der Waals surface area (Å²) in [5.74, 6) is 0.184. The molecule has 1 spiro atoms. The Hall–Kier alpha value is -3.82. The Labute approximate surface area is 171 Å². The second kappa shape index (κ2) is 6.34. The predicted octanol–water partition coefficient (Wildman–Crippen LogP) is 2.19. The first-order chi connectivity index (χ1) is 14.7. The van der Waals surface area contributed by atoms with Crippen LogP contribution in [0, 0.1) is 0 Å². The van der Waals surface area contributed by atoms with Crippen molar-refractivity contribution in [3.8, 4) is 11.3 Å². The Balaban J connectivity index is 1.27. The molecule has 10 nitrogen and oxygen atoms in total. The second-order valence-electron chi connectivity index (χ2n) is 7.92. The molecule has 6 rings (SSSR count). The number of amides is 2. The smallest absolute Gasteiger partial charge is 0.323 e. The number of nitrogens with zero attached hydrogens (tertiary/aromatic N) is 7. The molecule has 1 aromatic carbocycles.